The molecule has 0 aliphatic carbocycles. The van der Waals surface area contributed by atoms with Crippen molar-refractivity contribution in [1.29, 1.82) is 0 Å². The van der Waals surface area contributed by atoms with Crippen molar-refractivity contribution in [1.82, 2.24) is 9.80 Å². The van der Waals surface area contributed by atoms with E-state index in [-0.39, 0.29) is 5.91 Å². The fourth-order valence-corrected chi connectivity index (χ4v) is 3.03. The first-order chi connectivity index (χ1) is 9.50. The second-order valence-corrected chi connectivity index (χ2v) is 6.08. The first-order valence-corrected chi connectivity index (χ1v) is 8.31. The highest BCUT2D eigenvalue weighted by Gasteiger charge is 2.35. The maximum absolute atomic E-state index is 12.5. The zero-order chi connectivity index (χ0) is 15.2. The summed E-state index contributed by atoms with van der Waals surface area (Å²) >= 11 is 0. The molecule has 1 aliphatic rings. The maximum atomic E-state index is 12.5. The Labute approximate surface area is 124 Å². The Bertz CT molecular complexity index is 290. The fraction of sp³-hybridized carbons (Fsp3) is 0.938. The second kappa shape index (κ2) is 7.99. The van der Waals surface area contributed by atoms with Gasteiger partial charge in [-0.25, -0.2) is 0 Å². The van der Waals surface area contributed by atoms with Crippen LogP contribution >= 0.6 is 0 Å². The van der Waals surface area contributed by atoms with Gasteiger partial charge in [-0.3, -0.25) is 4.79 Å². The second-order valence-electron chi connectivity index (χ2n) is 6.08. The van der Waals surface area contributed by atoms with Gasteiger partial charge in [0.1, 0.15) is 0 Å². The summed E-state index contributed by atoms with van der Waals surface area (Å²) in [5.41, 5.74) is 5.58. The number of hydrogen-bond acceptors (Lipinski definition) is 3. The molecule has 0 bridgehead atoms. The lowest BCUT2D eigenvalue weighted by Gasteiger charge is -2.38. The number of rotatable bonds is 7. The molecule has 1 saturated heterocycles. The van der Waals surface area contributed by atoms with Gasteiger partial charge in [-0.1, -0.05) is 27.7 Å². The number of carbonyl (C=O) groups is 1. The third kappa shape index (κ3) is 4.19. The molecule has 0 unspecified atom stereocenters. The number of nitrogens with two attached hydrogens (primary N) is 1. The molecule has 0 atom stereocenters. The fourth-order valence-electron chi connectivity index (χ4n) is 3.03. The molecule has 1 aliphatic heterocycles. The molecule has 1 heterocycles. The Morgan fingerprint density at radius 2 is 1.65 bits per heavy atom. The van der Waals surface area contributed by atoms with Gasteiger partial charge in [-0.05, 0) is 44.7 Å². The molecule has 1 rings (SSSR count). The van der Waals surface area contributed by atoms with Crippen LogP contribution in [-0.4, -0.2) is 54.0 Å². The summed E-state index contributed by atoms with van der Waals surface area (Å²) in [6.45, 7) is 13.6. The van der Waals surface area contributed by atoms with Crippen molar-refractivity contribution < 1.29 is 4.79 Å². The molecule has 1 amide bonds. The maximum Gasteiger partial charge on any atom is 0.242 e. The Hall–Kier alpha value is -0.610. The van der Waals surface area contributed by atoms with E-state index in [1.165, 1.54) is 6.54 Å². The molecular weight excluding hydrogens is 250 g/mol. The molecule has 4 heteroatoms. The average Bonchev–Trinajstić information content (AvgIpc) is 2.51. The van der Waals surface area contributed by atoms with Crippen LogP contribution in [0.1, 0.15) is 53.4 Å². The zero-order valence-corrected chi connectivity index (χ0v) is 13.8. The van der Waals surface area contributed by atoms with E-state index in [0.717, 1.165) is 57.8 Å². The Morgan fingerprint density at radius 1 is 1.15 bits per heavy atom. The summed E-state index contributed by atoms with van der Waals surface area (Å²) in [4.78, 5) is 17.0. The molecule has 2 N–H and O–H groups in total. The van der Waals surface area contributed by atoms with Crippen LogP contribution in [0.5, 0.6) is 0 Å². The van der Waals surface area contributed by atoms with Crippen molar-refractivity contribution in [2.75, 3.05) is 32.7 Å². The molecule has 0 radical (unpaired) electrons. The summed E-state index contributed by atoms with van der Waals surface area (Å²) < 4.78 is 0. The lowest BCUT2D eigenvalue weighted by Crippen LogP contribution is -2.56. The van der Waals surface area contributed by atoms with E-state index in [2.05, 4.69) is 18.7 Å². The van der Waals surface area contributed by atoms with Gasteiger partial charge in [0.2, 0.25) is 5.91 Å². The van der Waals surface area contributed by atoms with Crippen LogP contribution in [0.25, 0.3) is 0 Å². The van der Waals surface area contributed by atoms with Crippen molar-refractivity contribution >= 4 is 5.91 Å². The quantitative estimate of drug-likeness (QED) is 0.778. The number of likely N-dealkylation sites (tertiary alicyclic amines) is 1. The van der Waals surface area contributed by atoms with Crippen LogP contribution in [0.3, 0.4) is 0 Å². The molecule has 0 aromatic rings. The van der Waals surface area contributed by atoms with E-state index in [9.17, 15) is 4.79 Å². The van der Waals surface area contributed by atoms with Crippen LogP contribution in [0.2, 0.25) is 0 Å². The minimum atomic E-state index is -0.647. The molecule has 118 valence electrons. The number of carbonyl (C=O) groups excluding carboxylic acids is 1. The van der Waals surface area contributed by atoms with E-state index in [1.807, 2.05) is 18.7 Å². The lowest BCUT2D eigenvalue weighted by atomic mass is 9.89. The summed E-state index contributed by atoms with van der Waals surface area (Å²) in [6, 6.07) is 0. The van der Waals surface area contributed by atoms with E-state index in [4.69, 9.17) is 5.73 Å². The molecule has 0 aromatic carbocycles. The smallest absolute Gasteiger partial charge is 0.242 e. The first-order valence-electron chi connectivity index (χ1n) is 8.31. The van der Waals surface area contributed by atoms with Gasteiger partial charge in [0.05, 0.1) is 5.54 Å². The van der Waals surface area contributed by atoms with Gasteiger partial charge in [0, 0.05) is 19.6 Å². The van der Waals surface area contributed by atoms with Gasteiger partial charge in [0.25, 0.3) is 0 Å². The topological polar surface area (TPSA) is 49.6 Å². The summed E-state index contributed by atoms with van der Waals surface area (Å²) in [5.74, 6) is 0.887. The van der Waals surface area contributed by atoms with Crippen molar-refractivity contribution in [3.05, 3.63) is 0 Å². The van der Waals surface area contributed by atoms with Crippen molar-refractivity contribution in [3.63, 3.8) is 0 Å². The predicted octanol–water partition coefficient (Wildman–Crippen LogP) is 2.08. The van der Waals surface area contributed by atoms with E-state index >= 15 is 0 Å². The Balaban J connectivity index is 2.48. The first kappa shape index (κ1) is 17.4. The Morgan fingerprint density at radius 3 is 2.05 bits per heavy atom. The SMILES string of the molecule is CCN(CC)CC1CCN(C(=O)C(N)(CC)CC)CC1. The normalized spacial score (nSPS) is 17.8. The third-order valence-electron chi connectivity index (χ3n) is 5.00. The standard InChI is InChI=1S/C16H33N3O/c1-5-16(17,6-2)15(20)19-11-9-14(10-12-19)13-18(7-3)8-4/h14H,5-13,17H2,1-4H3. The highest BCUT2D eigenvalue weighted by molar-refractivity contribution is 5.86. The summed E-state index contributed by atoms with van der Waals surface area (Å²) in [5, 5.41) is 0. The molecule has 0 aromatic heterocycles. The summed E-state index contributed by atoms with van der Waals surface area (Å²) in [7, 11) is 0. The number of nitrogens with zero attached hydrogens (tertiary/aromatic N) is 2. The van der Waals surface area contributed by atoms with Gasteiger partial charge >= 0.3 is 0 Å². The molecule has 0 spiro atoms. The minimum Gasteiger partial charge on any atom is -0.341 e. The summed E-state index contributed by atoms with van der Waals surface area (Å²) in [6.07, 6.45) is 3.68. The number of amides is 1. The van der Waals surface area contributed by atoms with Crippen molar-refractivity contribution in [2.24, 2.45) is 11.7 Å². The van der Waals surface area contributed by atoms with E-state index < -0.39 is 5.54 Å². The van der Waals surface area contributed by atoms with Crippen LogP contribution in [0.4, 0.5) is 0 Å². The molecular formula is C16H33N3O. The van der Waals surface area contributed by atoms with Crippen LogP contribution in [0.15, 0.2) is 0 Å². The molecule has 1 fully saturated rings. The number of piperidine rings is 1. The van der Waals surface area contributed by atoms with Crippen LogP contribution in [0, 0.1) is 5.92 Å². The van der Waals surface area contributed by atoms with Gasteiger partial charge in [-0.2, -0.15) is 0 Å². The minimum absolute atomic E-state index is 0.156. The third-order valence-corrected chi connectivity index (χ3v) is 5.00. The number of hydrogen-bond donors (Lipinski definition) is 1. The van der Waals surface area contributed by atoms with Crippen molar-refractivity contribution in [2.45, 2.75) is 58.9 Å². The predicted molar refractivity (Wildman–Crippen MR) is 84.6 cm³/mol. The van der Waals surface area contributed by atoms with Crippen LogP contribution in [-0.2, 0) is 4.79 Å². The van der Waals surface area contributed by atoms with E-state index in [0.29, 0.717) is 0 Å². The monoisotopic (exact) mass is 283 g/mol. The van der Waals surface area contributed by atoms with Gasteiger partial charge < -0.3 is 15.5 Å². The zero-order valence-electron chi connectivity index (χ0n) is 13.8. The van der Waals surface area contributed by atoms with Gasteiger partial charge in [0.15, 0.2) is 0 Å². The molecule has 4 nitrogen and oxygen atoms in total. The van der Waals surface area contributed by atoms with Crippen LogP contribution < -0.4 is 5.73 Å². The molecule has 0 saturated carbocycles. The van der Waals surface area contributed by atoms with E-state index in [1.54, 1.807) is 0 Å². The highest BCUT2D eigenvalue weighted by atomic mass is 16.2. The lowest BCUT2D eigenvalue weighted by molar-refractivity contribution is -0.138. The average molecular weight is 283 g/mol. The Kier molecular flexibility index (Phi) is 6.96. The largest absolute Gasteiger partial charge is 0.341 e. The van der Waals surface area contributed by atoms with Crippen molar-refractivity contribution in [3.8, 4) is 0 Å². The van der Waals surface area contributed by atoms with Gasteiger partial charge in [-0.15, -0.1) is 0 Å². The highest BCUT2D eigenvalue weighted by Crippen LogP contribution is 2.22. The molecule has 20 heavy (non-hydrogen) atoms.